The zero-order chi connectivity index (χ0) is 11.4. The van der Waals surface area contributed by atoms with Gasteiger partial charge in [-0.15, -0.1) is 23.5 Å². The molecule has 1 saturated heterocycles. The summed E-state index contributed by atoms with van der Waals surface area (Å²) in [6, 6.07) is 0. The summed E-state index contributed by atoms with van der Waals surface area (Å²) in [6.07, 6.45) is -5.48. The molecule has 4 unspecified atom stereocenters. The van der Waals surface area contributed by atoms with Crippen LogP contribution >= 0.6 is 23.5 Å². The lowest BCUT2D eigenvalue weighted by atomic mass is 10.0. The number of hydrogen-bond donors (Lipinski definition) is 5. The fraction of sp³-hybridized carbons (Fsp3) is 1.00. The van der Waals surface area contributed by atoms with E-state index in [2.05, 4.69) is 0 Å². The molecule has 1 rings (SSSR count). The zero-order valence-electron chi connectivity index (χ0n) is 8.06. The van der Waals surface area contributed by atoms with Crippen LogP contribution in [0.5, 0.6) is 0 Å². The van der Waals surface area contributed by atoms with Crippen molar-refractivity contribution in [2.75, 3.05) is 18.1 Å². The first-order chi connectivity index (χ1) is 7.07. The van der Waals surface area contributed by atoms with Crippen LogP contribution in [0, 0.1) is 0 Å². The molecule has 0 bridgehead atoms. The molecular formula is C8H16O5S2. The van der Waals surface area contributed by atoms with Gasteiger partial charge in [0.2, 0.25) is 0 Å². The second kappa shape index (κ2) is 6.29. The van der Waals surface area contributed by atoms with Crippen molar-refractivity contribution in [3.8, 4) is 0 Å². The highest BCUT2D eigenvalue weighted by Crippen LogP contribution is 2.35. The van der Waals surface area contributed by atoms with E-state index in [-0.39, 0.29) is 4.58 Å². The Hall–Kier alpha value is 0.500. The van der Waals surface area contributed by atoms with Crippen LogP contribution in [-0.4, -0.2) is 72.6 Å². The Morgan fingerprint density at radius 1 is 1.00 bits per heavy atom. The molecule has 0 radical (unpaired) electrons. The normalized spacial score (nSPS) is 26.2. The van der Waals surface area contributed by atoms with Crippen LogP contribution in [0.25, 0.3) is 0 Å². The van der Waals surface area contributed by atoms with Gasteiger partial charge < -0.3 is 25.5 Å². The summed E-state index contributed by atoms with van der Waals surface area (Å²) in [7, 11) is 0. The summed E-state index contributed by atoms with van der Waals surface area (Å²) in [5.41, 5.74) is 0. The lowest BCUT2D eigenvalue weighted by molar-refractivity contribution is -0.111. The highest BCUT2D eigenvalue weighted by atomic mass is 32.2. The molecule has 0 aromatic heterocycles. The van der Waals surface area contributed by atoms with Gasteiger partial charge in [0.15, 0.2) is 0 Å². The summed E-state index contributed by atoms with van der Waals surface area (Å²) in [4.78, 5) is 0. The minimum absolute atomic E-state index is 0.180. The van der Waals surface area contributed by atoms with Gasteiger partial charge in [-0.3, -0.25) is 0 Å². The molecule has 1 aliphatic rings. The van der Waals surface area contributed by atoms with E-state index < -0.39 is 31.0 Å². The third-order valence-electron chi connectivity index (χ3n) is 2.21. The topological polar surface area (TPSA) is 101 Å². The Morgan fingerprint density at radius 3 is 2.00 bits per heavy atom. The molecule has 90 valence electrons. The average molecular weight is 256 g/mol. The van der Waals surface area contributed by atoms with Gasteiger partial charge in [-0.25, -0.2) is 0 Å². The Kier molecular flexibility index (Phi) is 5.69. The fourth-order valence-electron chi connectivity index (χ4n) is 1.27. The average Bonchev–Trinajstić information content (AvgIpc) is 2.78. The van der Waals surface area contributed by atoms with Crippen molar-refractivity contribution < 1.29 is 25.5 Å². The third-order valence-corrected chi connectivity index (χ3v) is 5.38. The Balaban J connectivity index is 2.46. The van der Waals surface area contributed by atoms with E-state index in [0.717, 1.165) is 11.5 Å². The maximum Gasteiger partial charge on any atom is 0.111 e. The smallest absolute Gasteiger partial charge is 0.111 e. The molecule has 15 heavy (non-hydrogen) atoms. The van der Waals surface area contributed by atoms with Gasteiger partial charge in [-0.2, -0.15) is 0 Å². The molecule has 7 heteroatoms. The molecule has 5 N–H and O–H groups in total. The van der Waals surface area contributed by atoms with Gasteiger partial charge in [0, 0.05) is 11.5 Å². The van der Waals surface area contributed by atoms with Crippen LogP contribution in [-0.2, 0) is 0 Å². The van der Waals surface area contributed by atoms with Crippen molar-refractivity contribution in [1.82, 2.24) is 0 Å². The number of hydrogen-bond acceptors (Lipinski definition) is 7. The van der Waals surface area contributed by atoms with Crippen molar-refractivity contribution in [3.05, 3.63) is 0 Å². The first-order valence-electron chi connectivity index (χ1n) is 4.64. The van der Waals surface area contributed by atoms with Crippen molar-refractivity contribution in [2.24, 2.45) is 0 Å². The standard InChI is InChI=1S/C8H16O5S2/c9-3-4(10)5(11)6(12)7(13)8-14-1-2-15-8/h4-13H,1-3H2. The molecule has 0 aromatic carbocycles. The van der Waals surface area contributed by atoms with Gasteiger partial charge in [-0.1, -0.05) is 0 Å². The first-order valence-corrected chi connectivity index (χ1v) is 6.74. The van der Waals surface area contributed by atoms with Gasteiger partial charge in [-0.05, 0) is 0 Å². The number of thioether (sulfide) groups is 2. The van der Waals surface area contributed by atoms with Gasteiger partial charge in [0.25, 0.3) is 0 Å². The molecule has 0 aliphatic carbocycles. The van der Waals surface area contributed by atoms with E-state index in [4.69, 9.17) is 10.2 Å². The van der Waals surface area contributed by atoms with Crippen LogP contribution in [0.1, 0.15) is 0 Å². The molecule has 1 aliphatic heterocycles. The summed E-state index contributed by atoms with van der Waals surface area (Å²) in [6.45, 7) is -0.643. The summed E-state index contributed by atoms with van der Waals surface area (Å²) in [5, 5.41) is 46.3. The second-order valence-corrected chi connectivity index (χ2v) is 6.13. The monoisotopic (exact) mass is 256 g/mol. The van der Waals surface area contributed by atoms with Gasteiger partial charge >= 0.3 is 0 Å². The highest BCUT2D eigenvalue weighted by Gasteiger charge is 2.36. The Labute approximate surface area is 96.5 Å². The second-order valence-electron chi connectivity index (χ2n) is 3.33. The van der Waals surface area contributed by atoms with Crippen LogP contribution in [0.4, 0.5) is 0 Å². The lowest BCUT2D eigenvalue weighted by Gasteiger charge is -2.28. The van der Waals surface area contributed by atoms with E-state index in [1.165, 1.54) is 23.5 Å². The number of rotatable bonds is 5. The summed E-state index contributed by atoms with van der Waals surface area (Å²) in [5.74, 6) is 1.80. The molecule has 1 heterocycles. The minimum Gasteiger partial charge on any atom is -0.394 e. The van der Waals surface area contributed by atoms with Crippen LogP contribution in [0.15, 0.2) is 0 Å². The Bertz CT molecular complexity index is 188. The van der Waals surface area contributed by atoms with Crippen molar-refractivity contribution in [2.45, 2.75) is 29.0 Å². The van der Waals surface area contributed by atoms with Crippen molar-refractivity contribution in [1.29, 1.82) is 0 Å². The summed E-state index contributed by atoms with van der Waals surface area (Å²) >= 11 is 3.03. The van der Waals surface area contributed by atoms with E-state index in [9.17, 15) is 15.3 Å². The molecule has 5 nitrogen and oxygen atoms in total. The highest BCUT2D eigenvalue weighted by molar-refractivity contribution is 8.20. The number of aliphatic hydroxyl groups excluding tert-OH is 5. The molecule has 1 fully saturated rings. The molecule has 0 spiro atoms. The van der Waals surface area contributed by atoms with E-state index >= 15 is 0 Å². The summed E-state index contributed by atoms with van der Waals surface area (Å²) < 4.78 is -0.180. The quantitative estimate of drug-likeness (QED) is 0.397. The van der Waals surface area contributed by atoms with Crippen LogP contribution < -0.4 is 0 Å². The maximum absolute atomic E-state index is 9.69. The molecule has 0 aromatic rings. The maximum atomic E-state index is 9.69. The SMILES string of the molecule is OCC(O)C(O)C(O)C(O)C1SCCS1. The van der Waals surface area contributed by atoms with Crippen LogP contribution in [0.3, 0.4) is 0 Å². The fourth-order valence-corrected chi connectivity index (χ4v) is 4.19. The predicted octanol–water partition coefficient (Wildman–Crippen LogP) is -1.77. The lowest BCUT2D eigenvalue weighted by Crippen LogP contribution is -2.48. The molecule has 0 amide bonds. The first kappa shape index (κ1) is 13.6. The number of aliphatic hydroxyl groups is 5. The van der Waals surface area contributed by atoms with Crippen molar-refractivity contribution in [3.63, 3.8) is 0 Å². The van der Waals surface area contributed by atoms with E-state index in [1.807, 2.05) is 0 Å². The molecule has 4 atom stereocenters. The minimum atomic E-state index is -1.52. The predicted molar refractivity (Wildman–Crippen MR) is 59.8 cm³/mol. The Morgan fingerprint density at radius 2 is 1.53 bits per heavy atom. The molecule has 0 saturated carbocycles. The van der Waals surface area contributed by atoms with Crippen LogP contribution in [0.2, 0.25) is 0 Å². The molecular weight excluding hydrogens is 240 g/mol. The largest absolute Gasteiger partial charge is 0.394 e. The zero-order valence-corrected chi connectivity index (χ0v) is 9.69. The van der Waals surface area contributed by atoms with Crippen molar-refractivity contribution >= 4 is 23.5 Å². The van der Waals surface area contributed by atoms with Gasteiger partial charge in [0.05, 0.1) is 11.2 Å². The van der Waals surface area contributed by atoms with E-state index in [0.29, 0.717) is 0 Å². The van der Waals surface area contributed by atoms with E-state index in [1.54, 1.807) is 0 Å². The third kappa shape index (κ3) is 3.48. The van der Waals surface area contributed by atoms with Gasteiger partial charge in [0.1, 0.15) is 24.4 Å².